The van der Waals surface area contributed by atoms with Crippen LogP contribution in [0.2, 0.25) is 0 Å². The molecule has 1 aliphatic rings. The second kappa shape index (κ2) is 9.32. The van der Waals surface area contributed by atoms with Gasteiger partial charge in [-0.15, -0.1) is 11.3 Å². The number of ether oxygens (including phenoxy) is 2. The lowest BCUT2D eigenvalue weighted by atomic mass is 9.98. The van der Waals surface area contributed by atoms with Crippen LogP contribution in [0.3, 0.4) is 0 Å². The molecule has 0 bridgehead atoms. The maximum atomic E-state index is 13.3. The molecule has 1 saturated heterocycles. The molecular weight excluding hydrogens is 458 g/mol. The number of anilines is 1. The third kappa shape index (κ3) is 4.58. The number of hydrogen-bond acceptors (Lipinski definition) is 7. The minimum absolute atomic E-state index is 0.154. The van der Waals surface area contributed by atoms with Gasteiger partial charge in [0.05, 0.1) is 19.9 Å². The van der Waals surface area contributed by atoms with E-state index >= 15 is 0 Å². The van der Waals surface area contributed by atoms with Crippen LogP contribution in [0.25, 0.3) is 11.3 Å². The second-order valence-electron chi connectivity index (χ2n) is 8.20. The van der Waals surface area contributed by atoms with Crippen LogP contribution in [0.4, 0.5) is 5.13 Å². The zero-order valence-electron chi connectivity index (χ0n) is 19.6. The van der Waals surface area contributed by atoms with Gasteiger partial charge >= 0.3 is 0 Å². The van der Waals surface area contributed by atoms with Gasteiger partial charge in [-0.1, -0.05) is 17.7 Å². The number of thiazole rings is 1. The summed E-state index contributed by atoms with van der Waals surface area (Å²) >= 11 is 1.60. The average Bonchev–Trinajstić information content (AvgIpc) is 3.27. The molecule has 1 aliphatic heterocycles. The molecule has 7 nitrogen and oxygen atoms in total. The normalized spacial score (nSPS) is 15.0. The molecule has 33 heavy (non-hydrogen) atoms. The molecule has 0 atom stereocenters. The van der Waals surface area contributed by atoms with E-state index in [0.29, 0.717) is 31.9 Å². The summed E-state index contributed by atoms with van der Waals surface area (Å²) in [6.07, 6.45) is 0. The Morgan fingerprint density at radius 3 is 2.21 bits per heavy atom. The van der Waals surface area contributed by atoms with Gasteiger partial charge in [-0.2, -0.15) is 4.31 Å². The molecule has 0 N–H and O–H groups in total. The molecule has 0 spiro atoms. The van der Waals surface area contributed by atoms with Crippen LogP contribution in [-0.4, -0.2) is 58.1 Å². The van der Waals surface area contributed by atoms with Crippen molar-refractivity contribution in [2.45, 2.75) is 25.7 Å². The van der Waals surface area contributed by atoms with Crippen LogP contribution >= 0.6 is 11.3 Å². The first-order valence-electron chi connectivity index (χ1n) is 10.8. The second-order valence-corrected chi connectivity index (χ2v) is 10.9. The molecule has 2 aromatic carbocycles. The smallest absolute Gasteiger partial charge is 0.246 e. The molecule has 2 heterocycles. The molecule has 3 aromatic rings. The monoisotopic (exact) mass is 487 g/mol. The molecule has 4 rings (SSSR count). The van der Waals surface area contributed by atoms with Crippen molar-refractivity contribution in [1.82, 2.24) is 9.29 Å². The van der Waals surface area contributed by atoms with E-state index in [1.807, 2.05) is 0 Å². The van der Waals surface area contributed by atoms with E-state index in [1.165, 1.54) is 40.8 Å². The summed E-state index contributed by atoms with van der Waals surface area (Å²) in [5, 5.41) is 3.01. The number of nitrogens with zero attached hydrogens (tertiary/aromatic N) is 3. The van der Waals surface area contributed by atoms with Crippen LogP contribution in [0.1, 0.15) is 16.7 Å². The largest absolute Gasteiger partial charge is 0.497 e. The number of rotatable bonds is 6. The highest BCUT2D eigenvalue weighted by Crippen LogP contribution is 2.34. The number of sulfonamides is 1. The standard InChI is InChI=1S/C24H29N3O4S2/c1-16-12-17(2)23(18(3)13-16)20-15-32-24(25-20)26-8-10-27(11-9-26)33(28,29)22-7-6-19(30-4)14-21(22)31-5/h6-7,12-15H,8-11H2,1-5H3. The molecule has 9 heteroatoms. The Labute approximate surface area is 199 Å². The highest BCUT2D eigenvalue weighted by molar-refractivity contribution is 7.89. The Morgan fingerprint density at radius 1 is 0.939 bits per heavy atom. The fourth-order valence-corrected chi connectivity index (χ4v) is 6.78. The average molecular weight is 488 g/mol. The maximum Gasteiger partial charge on any atom is 0.246 e. The number of hydrogen-bond donors (Lipinski definition) is 0. The lowest BCUT2D eigenvalue weighted by Crippen LogP contribution is -2.48. The van der Waals surface area contributed by atoms with Crippen molar-refractivity contribution in [3.05, 3.63) is 52.4 Å². The van der Waals surface area contributed by atoms with Crippen molar-refractivity contribution in [3.8, 4) is 22.8 Å². The number of aromatic nitrogens is 1. The fourth-order valence-electron chi connectivity index (χ4n) is 4.36. The van der Waals surface area contributed by atoms with Gasteiger partial charge in [0.1, 0.15) is 16.4 Å². The van der Waals surface area contributed by atoms with Crippen molar-refractivity contribution in [1.29, 1.82) is 0 Å². The lowest BCUT2D eigenvalue weighted by molar-refractivity contribution is 0.370. The van der Waals surface area contributed by atoms with Crippen molar-refractivity contribution >= 4 is 26.5 Å². The zero-order valence-corrected chi connectivity index (χ0v) is 21.2. The van der Waals surface area contributed by atoms with Gasteiger partial charge in [0, 0.05) is 43.2 Å². The summed E-state index contributed by atoms with van der Waals surface area (Å²) in [7, 11) is -0.682. The predicted octanol–water partition coefficient (Wildman–Crippen LogP) is 4.26. The van der Waals surface area contributed by atoms with Crippen LogP contribution in [0.5, 0.6) is 11.5 Å². The van der Waals surface area contributed by atoms with E-state index in [-0.39, 0.29) is 10.6 Å². The van der Waals surface area contributed by atoms with Crippen LogP contribution in [-0.2, 0) is 10.0 Å². The van der Waals surface area contributed by atoms with Gasteiger partial charge in [-0.25, -0.2) is 13.4 Å². The van der Waals surface area contributed by atoms with Crippen LogP contribution < -0.4 is 14.4 Å². The third-order valence-electron chi connectivity index (χ3n) is 5.92. The van der Waals surface area contributed by atoms with Crippen molar-refractivity contribution in [2.24, 2.45) is 0 Å². The molecule has 0 saturated carbocycles. The van der Waals surface area contributed by atoms with E-state index in [0.717, 1.165) is 10.8 Å². The molecule has 176 valence electrons. The Bertz CT molecular complexity index is 1240. The summed E-state index contributed by atoms with van der Waals surface area (Å²) in [5.74, 6) is 0.833. The summed E-state index contributed by atoms with van der Waals surface area (Å²) in [4.78, 5) is 7.20. The van der Waals surface area contributed by atoms with E-state index in [1.54, 1.807) is 29.5 Å². The first-order chi connectivity index (χ1) is 15.7. The first-order valence-corrected chi connectivity index (χ1v) is 13.1. The highest BCUT2D eigenvalue weighted by Gasteiger charge is 2.32. The summed E-state index contributed by atoms with van der Waals surface area (Å²) < 4.78 is 38.6. The Balaban J connectivity index is 1.50. The number of aryl methyl sites for hydroxylation is 3. The quantitative estimate of drug-likeness (QED) is 0.517. The molecule has 1 aromatic heterocycles. The Morgan fingerprint density at radius 2 is 1.61 bits per heavy atom. The van der Waals surface area contributed by atoms with Crippen LogP contribution in [0.15, 0.2) is 40.6 Å². The van der Waals surface area contributed by atoms with Crippen LogP contribution in [0, 0.1) is 20.8 Å². The van der Waals surface area contributed by atoms with E-state index in [4.69, 9.17) is 14.5 Å². The summed E-state index contributed by atoms with van der Waals surface area (Å²) in [6.45, 7) is 8.26. The Hall–Kier alpha value is -2.62. The SMILES string of the molecule is COc1ccc(S(=O)(=O)N2CCN(c3nc(-c4c(C)cc(C)cc4C)cs3)CC2)c(OC)c1. The van der Waals surface area contributed by atoms with Gasteiger partial charge in [0.2, 0.25) is 10.0 Å². The molecule has 1 fully saturated rings. The van der Waals surface area contributed by atoms with Crippen molar-refractivity contribution in [2.75, 3.05) is 45.3 Å². The fraction of sp³-hybridized carbons (Fsp3) is 0.375. The maximum absolute atomic E-state index is 13.3. The van der Waals surface area contributed by atoms with Gasteiger partial charge in [0.15, 0.2) is 5.13 Å². The zero-order chi connectivity index (χ0) is 23.8. The first kappa shape index (κ1) is 23.5. The molecule has 0 amide bonds. The van der Waals surface area contributed by atoms with Gasteiger partial charge in [0.25, 0.3) is 0 Å². The number of piperazine rings is 1. The minimum atomic E-state index is -3.68. The molecular formula is C24H29N3O4S2. The number of methoxy groups -OCH3 is 2. The van der Waals surface area contributed by atoms with Crippen molar-refractivity contribution < 1.29 is 17.9 Å². The van der Waals surface area contributed by atoms with E-state index in [9.17, 15) is 8.42 Å². The van der Waals surface area contributed by atoms with Crippen molar-refractivity contribution in [3.63, 3.8) is 0 Å². The number of benzene rings is 2. The lowest BCUT2D eigenvalue weighted by Gasteiger charge is -2.34. The third-order valence-corrected chi connectivity index (χ3v) is 8.76. The van der Waals surface area contributed by atoms with Gasteiger partial charge in [-0.05, 0) is 44.0 Å². The van der Waals surface area contributed by atoms with E-state index in [2.05, 4.69) is 43.2 Å². The summed E-state index contributed by atoms with van der Waals surface area (Å²) in [6, 6.07) is 9.13. The molecule has 0 radical (unpaired) electrons. The Kier molecular flexibility index (Phi) is 6.65. The topological polar surface area (TPSA) is 72.0 Å². The minimum Gasteiger partial charge on any atom is -0.497 e. The van der Waals surface area contributed by atoms with Gasteiger partial charge in [-0.3, -0.25) is 0 Å². The van der Waals surface area contributed by atoms with Gasteiger partial charge < -0.3 is 14.4 Å². The molecule has 0 aliphatic carbocycles. The summed E-state index contributed by atoms with van der Waals surface area (Å²) in [5.41, 5.74) is 5.83. The predicted molar refractivity (Wildman–Crippen MR) is 132 cm³/mol. The van der Waals surface area contributed by atoms with E-state index < -0.39 is 10.0 Å². The molecule has 0 unspecified atom stereocenters. The highest BCUT2D eigenvalue weighted by atomic mass is 32.2.